The van der Waals surface area contributed by atoms with E-state index in [2.05, 4.69) is 25.5 Å². The summed E-state index contributed by atoms with van der Waals surface area (Å²) in [5.74, 6) is 0.972. The monoisotopic (exact) mass is 406 g/mol. The van der Waals surface area contributed by atoms with Gasteiger partial charge in [-0.15, -0.1) is 0 Å². The smallest absolute Gasteiger partial charge is 0.249 e. The van der Waals surface area contributed by atoms with Gasteiger partial charge in [-0.3, -0.25) is 14.9 Å². The van der Waals surface area contributed by atoms with E-state index in [1.54, 1.807) is 6.20 Å². The number of pyridine rings is 1. The Morgan fingerprint density at radius 2 is 1.87 bits per heavy atom. The highest BCUT2D eigenvalue weighted by molar-refractivity contribution is 6.06. The van der Waals surface area contributed by atoms with Crippen LogP contribution in [-0.4, -0.2) is 59.9 Å². The fourth-order valence-corrected chi connectivity index (χ4v) is 3.75. The standard InChI is InChI=1S/C22H26N6O2/c1-15-6-7-17(16(2)13-15)24-21(30)18-14-20(29)26-22(25-18)28-11-9-27(10-12-28)19-5-3-4-8-23-19/h3-8,13,18H,9-12,14H2,1-2H3,(H,24,30)(H,25,26,29)/t18-/m0/s1. The van der Waals surface area contributed by atoms with Gasteiger partial charge in [0.15, 0.2) is 0 Å². The molecule has 0 bridgehead atoms. The average Bonchev–Trinajstić information content (AvgIpc) is 2.76. The maximum Gasteiger partial charge on any atom is 0.249 e. The maximum atomic E-state index is 12.8. The van der Waals surface area contributed by atoms with E-state index in [4.69, 9.17) is 0 Å². The molecule has 1 aromatic carbocycles. The lowest BCUT2D eigenvalue weighted by Gasteiger charge is -2.38. The molecule has 2 aliphatic rings. The van der Waals surface area contributed by atoms with Crippen molar-refractivity contribution in [2.24, 2.45) is 4.99 Å². The molecule has 1 atom stereocenters. The van der Waals surface area contributed by atoms with Crippen LogP contribution in [-0.2, 0) is 9.59 Å². The SMILES string of the molecule is Cc1ccc(NC(=O)[C@@H]2CC(=O)NC(N3CCN(c4ccccn4)CC3)=N2)c(C)c1. The van der Waals surface area contributed by atoms with Crippen molar-refractivity contribution >= 4 is 29.3 Å². The molecular formula is C22H26N6O2. The molecule has 0 saturated carbocycles. The Morgan fingerprint density at radius 1 is 1.10 bits per heavy atom. The molecule has 2 amide bonds. The Bertz CT molecular complexity index is 967. The van der Waals surface area contributed by atoms with Crippen molar-refractivity contribution in [2.45, 2.75) is 26.3 Å². The van der Waals surface area contributed by atoms with Crippen LogP contribution in [0.15, 0.2) is 47.6 Å². The number of benzene rings is 1. The maximum absolute atomic E-state index is 12.8. The second-order valence-corrected chi connectivity index (χ2v) is 7.69. The Balaban J connectivity index is 1.42. The van der Waals surface area contributed by atoms with Crippen molar-refractivity contribution in [3.8, 4) is 0 Å². The van der Waals surface area contributed by atoms with Crippen molar-refractivity contribution in [2.75, 3.05) is 36.4 Å². The van der Waals surface area contributed by atoms with Crippen LogP contribution in [0.2, 0.25) is 0 Å². The topological polar surface area (TPSA) is 89.9 Å². The molecule has 1 aromatic heterocycles. The zero-order chi connectivity index (χ0) is 21.1. The highest BCUT2D eigenvalue weighted by Crippen LogP contribution is 2.18. The van der Waals surface area contributed by atoms with E-state index in [9.17, 15) is 9.59 Å². The molecule has 0 unspecified atom stereocenters. The van der Waals surface area contributed by atoms with Gasteiger partial charge in [0.05, 0.1) is 6.42 Å². The lowest BCUT2D eigenvalue weighted by atomic mass is 10.1. The summed E-state index contributed by atoms with van der Waals surface area (Å²) in [4.78, 5) is 38.2. The number of hydrogen-bond acceptors (Lipinski definition) is 6. The molecule has 2 N–H and O–H groups in total. The van der Waals surface area contributed by atoms with Gasteiger partial charge in [0.1, 0.15) is 11.9 Å². The molecule has 1 fully saturated rings. The summed E-state index contributed by atoms with van der Waals surface area (Å²) in [5.41, 5.74) is 2.86. The number of aryl methyl sites for hydroxylation is 2. The molecule has 2 aromatic rings. The highest BCUT2D eigenvalue weighted by Gasteiger charge is 2.31. The fraction of sp³-hybridized carbons (Fsp3) is 0.364. The van der Waals surface area contributed by atoms with Crippen molar-refractivity contribution < 1.29 is 9.59 Å². The minimum Gasteiger partial charge on any atom is -0.353 e. The second kappa shape index (κ2) is 8.52. The van der Waals surface area contributed by atoms with Gasteiger partial charge in [-0.1, -0.05) is 23.8 Å². The fourth-order valence-electron chi connectivity index (χ4n) is 3.75. The van der Waals surface area contributed by atoms with Crippen molar-refractivity contribution in [3.05, 3.63) is 53.7 Å². The Morgan fingerprint density at radius 3 is 2.57 bits per heavy atom. The van der Waals surface area contributed by atoms with Crippen molar-refractivity contribution in [1.82, 2.24) is 15.2 Å². The third-order valence-corrected chi connectivity index (χ3v) is 5.40. The molecule has 2 aliphatic heterocycles. The predicted octanol–water partition coefficient (Wildman–Crippen LogP) is 1.70. The molecular weight excluding hydrogens is 380 g/mol. The van der Waals surface area contributed by atoms with Gasteiger partial charge in [-0.2, -0.15) is 0 Å². The largest absolute Gasteiger partial charge is 0.353 e. The van der Waals surface area contributed by atoms with Crippen LogP contribution in [0, 0.1) is 13.8 Å². The third-order valence-electron chi connectivity index (χ3n) is 5.40. The summed E-state index contributed by atoms with van der Waals surface area (Å²) < 4.78 is 0. The Labute approximate surface area is 176 Å². The Kier molecular flexibility index (Phi) is 5.65. The first-order valence-electron chi connectivity index (χ1n) is 10.2. The van der Waals surface area contributed by atoms with Gasteiger partial charge in [-0.25, -0.2) is 9.98 Å². The number of amides is 2. The first kappa shape index (κ1) is 19.9. The number of anilines is 2. The van der Waals surface area contributed by atoms with Crippen LogP contribution in [0.1, 0.15) is 17.5 Å². The zero-order valence-electron chi connectivity index (χ0n) is 17.3. The molecule has 0 aliphatic carbocycles. The van der Waals surface area contributed by atoms with Gasteiger partial charge in [-0.05, 0) is 37.6 Å². The highest BCUT2D eigenvalue weighted by atomic mass is 16.2. The number of hydrogen-bond donors (Lipinski definition) is 2. The summed E-state index contributed by atoms with van der Waals surface area (Å²) in [6.07, 6.45) is 1.83. The minimum absolute atomic E-state index is 0.0497. The van der Waals surface area contributed by atoms with E-state index in [-0.39, 0.29) is 18.2 Å². The van der Waals surface area contributed by atoms with Gasteiger partial charge >= 0.3 is 0 Å². The average molecular weight is 406 g/mol. The molecule has 156 valence electrons. The summed E-state index contributed by atoms with van der Waals surface area (Å²) in [7, 11) is 0. The number of carbonyl (C=O) groups is 2. The van der Waals surface area contributed by atoms with Crippen LogP contribution in [0.3, 0.4) is 0 Å². The van der Waals surface area contributed by atoms with Gasteiger partial charge < -0.3 is 15.1 Å². The number of guanidine groups is 1. The van der Waals surface area contributed by atoms with E-state index in [1.165, 1.54) is 0 Å². The van der Waals surface area contributed by atoms with Gasteiger partial charge in [0.25, 0.3) is 0 Å². The molecule has 30 heavy (non-hydrogen) atoms. The Hall–Kier alpha value is -3.42. The number of aliphatic imine (C=N–C) groups is 1. The van der Waals surface area contributed by atoms with Crippen LogP contribution < -0.4 is 15.5 Å². The number of nitrogens with one attached hydrogen (secondary N) is 2. The molecule has 8 heteroatoms. The number of nitrogens with zero attached hydrogens (tertiary/aromatic N) is 4. The number of aromatic nitrogens is 1. The summed E-state index contributed by atoms with van der Waals surface area (Å²) in [5, 5.41) is 5.75. The molecule has 3 heterocycles. The number of carbonyl (C=O) groups excluding carboxylic acids is 2. The molecule has 0 radical (unpaired) electrons. The zero-order valence-corrected chi connectivity index (χ0v) is 17.3. The van der Waals surface area contributed by atoms with Gasteiger partial charge in [0, 0.05) is 38.1 Å². The van der Waals surface area contributed by atoms with E-state index < -0.39 is 6.04 Å². The first-order chi connectivity index (χ1) is 14.5. The van der Waals surface area contributed by atoms with Crippen LogP contribution in [0.25, 0.3) is 0 Å². The first-order valence-corrected chi connectivity index (χ1v) is 10.2. The number of rotatable bonds is 3. The summed E-state index contributed by atoms with van der Waals surface area (Å²) in [6.45, 7) is 6.89. The van der Waals surface area contributed by atoms with Crippen LogP contribution in [0.4, 0.5) is 11.5 Å². The normalized spacial score (nSPS) is 19.2. The molecule has 4 rings (SSSR count). The number of piperazine rings is 1. The third kappa shape index (κ3) is 4.42. The van der Waals surface area contributed by atoms with E-state index in [1.807, 2.05) is 55.1 Å². The van der Waals surface area contributed by atoms with Crippen molar-refractivity contribution in [3.63, 3.8) is 0 Å². The molecule has 0 spiro atoms. The lowest BCUT2D eigenvalue weighted by molar-refractivity contribution is -0.125. The van der Waals surface area contributed by atoms with Crippen LogP contribution >= 0.6 is 0 Å². The quantitative estimate of drug-likeness (QED) is 0.810. The van der Waals surface area contributed by atoms with Crippen molar-refractivity contribution in [1.29, 1.82) is 0 Å². The second-order valence-electron chi connectivity index (χ2n) is 7.69. The van der Waals surface area contributed by atoms with E-state index in [0.29, 0.717) is 19.0 Å². The van der Waals surface area contributed by atoms with Crippen LogP contribution in [0.5, 0.6) is 0 Å². The molecule has 1 saturated heterocycles. The summed E-state index contributed by atoms with van der Waals surface area (Å²) >= 11 is 0. The summed E-state index contributed by atoms with van der Waals surface area (Å²) in [6, 6.07) is 11.0. The van der Waals surface area contributed by atoms with E-state index in [0.717, 1.165) is 35.7 Å². The molecule has 8 nitrogen and oxygen atoms in total. The minimum atomic E-state index is -0.733. The van der Waals surface area contributed by atoms with Gasteiger partial charge in [0.2, 0.25) is 17.8 Å². The predicted molar refractivity (Wildman–Crippen MR) is 117 cm³/mol. The lowest BCUT2D eigenvalue weighted by Crippen LogP contribution is -2.56. The van der Waals surface area contributed by atoms with E-state index >= 15 is 0 Å².